The Kier molecular flexibility index (Phi) is 8.16. The highest BCUT2D eigenvalue weighted by Gasteiger charge is 2.34. The molecule has 1 heterocycles. The molecule has 1 N–H and O–H groups in total. The van der Waals surface area contributed by atoms with Gasteiger partial charge in [0.15, 0.2) is 0 Å². The van der Waals surface area contributed by atoms with Crippen LogP contribution in [0.5, 0.6) is 0 Å². The van der Waals surface area contributed by atoms with Crippen molar-refractivity contribution in [2.75, 3.05) is 33.3 Å². The fraction of sp³-hybridized carbons (Fsp3) is 0.556. The number of carbonyl (C=O) groups is 2. The van der Waals surface area contributed by atoms with Crippen molar-refractivity contribution in [3.05, 3.63) is 28.2 Å². The monoisotopic (exact) mass is 465 g/mol. The van der Waals surface area contributed by atoms with Crippen molar-refractivity contribution < 1.29 is 22.7 Å². The molecule has 2 rings (SSSR count). The molecule has 1 fully saturated rings. The van der Waals surface area contributed by atoms with Gasteiger partial charge in [0.1, 0.15) is 10.9 Å². The topological polar surface area (TPSA) is 96.0 Å². The van der Waals surface area contributed by atoms with Crippen LogP contribution in [0.1, 0.15) is 20.3 Å². The third-order valence-corrected chi connectivity index (χ3v) is 7.16. The van der Waals surface area contributed by atoms with Crippen LogP contribution < -0.4 is 5.32 Å². The number of benzene rings is 1. The largest absolute Gasteiger partial charge is 0.453 e. The summed E-state index contributed by atoms with van der Waals surface area (Å²) < 4.78 is 31.7. The van der Waals surface area contributed by atoms with Gasteiger partial charge >= 0.3 is 6.09 Å². The standard InChI is InChI=1S/C18H25Cl2N3O5S/c1-12(2)10-15(21-18(25)28-3)17(24)22-6-8-23(9-7-22)29(26,27)16-11-13(19)4-5-14(16)20/h4-5,11-12,15H,6-10H2,1-3H3,(H,21,25). The molecule has 1 saturated heterocycles. The molecule has 8 nitrogen and oxygen atoms in total. The first kappa shape index (κ1) is 23.7. The zero-order valence-electron chi connectivity index (χ0n) is 16.5. The lowest BCUT2D eigenvalue weighted by molar-refractivity contribution is -0.135. The molecular formula is C18H25Cl2N3O5S. The second kappa shape index (κ2) is 9.97. The van der Waals surface area contributed by atoms with Gasteiger partial charge in [-0.05, 0) is 30.5 Å². The van der Waals surface area contributed by atoms with E-state index in [-0.39, 0.29) is 52.9 Å². The predicted octanol–water partition coefficient (Wildman–Crippen LogP) is 2.60. The van der Waals surface area contributed by atoms with E-state index < -0.39 is 22.2 Å². The number of piperazine rings is 1. The first-order chi connectivity index (χ1) is 13.6. The van der Waals surface area contributed by atoms with Crippen LogP contribution in [0, 0.1) is 5.92 Å². The van der Waals surface area contributed by atoms with E-state index in [1.54, 1.807) is 4.90 Å². The number of sulfonamides is 1. The maximum Gasteiger partial charge on any atom is 0.407 e. The first-order valence-electron chi connectivity index (χ1n) is 9.14. The molecule has 0 bridgehead atoms. The van der Waals surface area contributed by atoms with E-state index in [4.69, 9.17) is 23.2 Å². The highest BCUT2D eigenvalue weighted by Crippen LogP contribution is 2.28. The zero-order chi connectivity index (χ0) is 21.8. The number of amides is 2. The molecule has 1 aliphatic rings. The van der Waals surface area contributed by atoms with E-state index in [2.05, 4.69) is 10.1 Å². The Morgan fingerprint density at radius 1 is 1.17 bits per heavy atom. The summed E-state index contributed by atoms with van der Waals surface area (Å²) in [4.78, 5) is 25.9. The third kappa shape index (κ3) is 5.97. The summed E-state index contributed by atoms with van der Waals surface area (Å²) >= 11 is 12.0. The zero-order valence-corrected chi connectivity index (χ0v) is 18.9. The van der Waals surface area contributed by atoms with Gasteiger partial charge in [0.25, 0.3) is 0 Å². The number of rotatable bonds is 6. The van der Waals surface area contributed by atoms with Crippen LogP contribution >= 0.6 is 23.2 Å². The maximum atomic E-state index is 12.9. The molecule has 0 radical (unpaired) electrons. The lowest BCUT2D eigenvalue weighted by Gasteiger charge is -2.36. The van der Waals surface area contributed by atoms with Gasteiger partial charge in [0.05, 0.1) is 12.1 Å². The Morgan fingerprint density at radius 2 is 1.79 bits per heavy atom. The molecule has 1 aromatic rings. The summed E-state index contributed by atoms with van der Waals surface area (Å²) in [6.07, 6.45) is -0.231. The summed E-state index contributed by atoms with van der Waals surface area (Å²) in [6, 6.07) is 3.54. The van der Waals surface area contributed by atoms with Crippen molar-refractivity contribution in [2.24, 2.45) is 5.92 Å². The van der Waals surface area contributed by atoms with Crippen LogP contribution in [0.3, 0.4) is 0 Å². The number of hydrogen-bond acceptors (Lipinski definition) is 5. The van der Waals surface area contributed by atoms with Crippen LogP contribution in [0.2, 0.25) is 10.0 Å². The second-order valence-electron chi connectivity index (χ2n) is 7.12. The molecule has 162 valence electrons. The summed E-state index contributed by atoms with van der Waals surface area (Å²) in [5.74, 6) is -0.0883. The second-order valence-corrected chi connectivity index (χ2v) is 9.87. The third-order valence-electron chi connectivity index (χ3n) is 4.54. The fourth-order valence-corrected chi connectivity index (χ4v) is 5.24. The molecule has 0 aromatic heterocycles. The average Bonchev–Trinajstić information content (AvgIpc) is 2.68. The Morgan fingerprint density at radius 3 is 2.34 bits per heavy atom. The van der Waals surface area contributed by atoms with Crippen LogP contribution in [0.25, 0.3) is 0 Å². The first-order valence-corrected chi connectivity index (χ1v) is 11.3. The fourth-order valence-electron chi connectivity index (χ4n) is 3.08. The van der Waals surface area contributed by atoms with Crippen LogP contribution in [-0.4, -0.2) is 69.0 Å². The van der Waals surface area contributed by atoms with Gasteiger partial charge in [0, 0.05) is 31.2 Å². The number of hydrogen-bond donors (Lipinski definition) is 1. The van der Waals surface area contributed by atoms with Crippen molar-refractivity contribution in [3.8, 4) is 0 Å². The number of methoxy groups -OCH3 is 1. The van der Waals surface area contributed by atoms with Gasteiger partial charge in [-0.1, -0.05) is 37.0 Å². The lowest BCUT2D eigenvalue weighted by Crippen LogP contribution is -2.56. The number of nitrogens with one attached hydrogen (secondary N) is 1. The number of nitrogens with zero attached hydrogens (tertiary/aromatic N) is 2. The van der Waals surface area contributed by atoms with E-state index in [0.717, 1.165) is 0 Å². The Hall–Kier alpha value is -1.55. The molecule has 1 aliphatic heterocycles. The van der Waals surface area contributed by atoms with Crippen molar-refractivity contribution in [1.82, 2.24) is 14.5 Å². The summed E-state index contributed by atoms with van der Waals surface area (Å²) in [7, 11) is -2.60. The highest BCUT2D eigenvalue weighted by molar-refractivity contribution is 7.89. The van der Waals surface area contributed by atoms with Gasteiger partial charge in [-0.25, -0.2) is 13.2 Å². The van der Waals surface area contributed by atoms with Gasteiger partial charge < -0.3 is 15.0 Å². The van der Waals surface area contributed by atoms with Gasteiger partial charge in [-0.3, -0.25) is 4.79 Å². The smallest absolute Gasteiger partial charge is 0.407 e. The van der Waals surface area contributed by atoms with E-state index >= 15 is 0 Å². The van der Waals surface area contributed by atoms with Crippen LogP contribution in [0.15, 0.2) is 23.1 Å². The summed E-state index contributed by atoms with van der Waals surface area (Å²) in [5.41, 5.74) is 0. The minimum atomic E-state index is -3.84. The van der Waals surface area contributed by atoms with E-state index in [1.165, 1.54) is 29.6 Å². The molecule has 29 heavy (non-hydrogen) atoms. The van der Waals surface area contributed by atoms with Crippen molar-refractivity contribution in [1.29, 1.82) is 0 Å². The predicted molar refractivity (Wildman–Crippen MR) is 111 cm³/mol. The van der Waals surface area contributed by atoms with Gasteiger partial charge in [0.2, 0.25) is 15.9 Å². The van der Waals surface area contributed by atoms with E-state index in [9.17, 15) is 18.0 Å². The minimum Gasteiger partial charge on any atom is -0.453 e. The average molecular weight is 466 g/mol. The normalized spacial score (nSPS) is 16.6. The molecule has 0 spiro atoms. The number of carbonyl (C=O) groups excluding carboxylic acids is 2. The summed E-state index contributed by atoms with van der Waals surface area (Å²) in [6.45, 7) is 4.52. The Bertz CT molecular complexity index is 855. The highest BCUT2D eigenvalue weighted by atomic mass is 35.5. The van der Waals surface area contributed by atoms with E-state index in [1.807, 2.05) is 13.8 Å². The molecule has 1 aromatic carbocycles. The lowest BCUT2D eigenvalue weighted by atomic mass is 10.0. The van der Waals surface area contributed by atoms with Crippen molar-refractivity contribution in [3.63, 3.8) is 0 Å². The van der Waals surface area contributed by atoms with Crippen molar-refractivity contribution >= 4 is 45.2 Å². The molecule has 1 unspecified atom stereocenters. The molecule has 0 aliphatic carbocycles. The van der Waals surface area contributed by atoms with Gasteiger partial charge in [-0.2, -0.15) is 4.31 Å². The van der Waals surface area contributed by atoms with Crippen LogP contribution in [-0.2, 0) is 19.6 Å². The van der Waals surface area contributed by atoms with Crippen LogP contribution in [0.4, 0.5) is 4.79 Å². The Balaban J connectivity index is 2.09. The minimum absolute atomic E-state index is 0.0588. The number of alkyl carbamates (subject to hydrolysis) is 1. The molecule has 1 atom stereocenters. The maximum absolute atomic E-state index is 12.9. The Labute approximate surface area is 181 Å². The SMILES string of the molecule is COC(=O)NC(CC(C)C)C(=O)N1CCN(S(=O)(=O)c2cc(Cl)ccc2Cl)CC1. The molecule has 2 amide bonds. The number of ether oxygens (including phenoxy) is 1. The molecule has 11 heteroatoms. The molecular weight excluding hydrogens is 441 g/mol. The molecule has 0 saturated carbocycles. The van der Waals surface area contributed by atoms with E-state index in [0.29, 0.717) is 6.42 Å². The number of halogens is 2. The van der Waals surface area contributed by atoms with Gasteiger partial charge in [-0.15, -0.1) is 0 Å². The summed E-state index contributed by atoms with van der Waals surface area (Å²) in [5, 5.41) is 2.92. The van der Waals surface area contributed by atoms with Crippen molar-refractivity contribution in [2.45, 2.75) is 31.2 Å². The quantitative estimate of drug-likeness (QED) is 0.696.